The van der Waals surface area contributed by atoms with E-state index in [4.69, 9.17) is 14.2 Å². The second kappa shape index (κ2) is 11.7. The van der Waals surface area contributed by atoms with E-state index < -0.39 is 5.91 Å². The summed E-state index contributed by atoms with van der Waals surface area (Å²) in [5, 5.41) is 12.2. The Kier molecular flexibility index (Phi) is 8.74. The first-order chi connectivity index (χ1) is 15.9. The number of nitrogens with one attached hydrogen (secondary N) is 1. The fourth-order valence-corrected chi connectivity index (χ4v) is 3.82. The average Bonchev–Trinajstić information content (AvgIpc) is 2.83. The summed E-state index contributed by atoms with van der Waals surface area (Å²) in [7, 11) is 3.10. The first kappa shape index (κ1) is 24.6. The van der Waals surface area contributed by atoms with Gasteiger partial charge in [0.25, 0.3) is 5.91 Å². The number of anilines is 1. The normalized spacial score (nSPS) is 10.8. The molecule has 0 atom stereocenters. The molecule has 0 fully saturated rings. The summed E-state index contributed by atoms with van der Waals surface area (Å²) in [5.74, 6) is 1.17. The molecule has 168 valence electrons. The molecule has 0 aliphatic heterocycles. The quantitative estimate of drug-likeness (QED) is 0.185. The van der Waals surface area contributed by atoms with Crippen LogP contribution in [0, 0.1) is 14.9 Å². The summed E-state index contributed by atoms with van der Waals surface area (Å²) in [4.78, 5) is 12.6. The molecule has 6 nitrogen and oxygen atoms in total. The molecular formula is C25H20BrIN2O4. The molecule has 0 saturated carbocycles. The van der Waals surface area contributed by atoms with Crippen LogP contribution in [0.15, 0.2) is 70.7 Å². The van der Waals surface area contributed by atoms with Crippen LogP contribution in [0.2, 0.25) is 0 Å². The van der Waals surface area contributed by atoms with Crippen molar-refractivity contribution < 1.29 is 19.0 Å². The topological polar surface area (TPSA) is 80.6 Å². The van der Waals surface area contributed by atoms with E-state index in [1.54, 1.807) is 43.5 Å². The summed E-state index contributed by atoms with van der Waals surface area (Å²) < 4.78 is 18.4. The van der Waals surface area contributed by atoms with E-state index >= 15 is 0 Å². The number of hydrogen-bond donors (Lipinski definition) is 1. The van der Waals surface area contributed by atoms with Crippen LogP contribution < -0.4 is 19.5 Å². The van der Waals surface area contributed by atoms with Crippen molar-refractivity contribution in [1.82, 2.24) is 0 Å². The number of carbonyl (C=O) groups is 1. The van der Waals surface area contributed by atoms with Gasteiger partial charge in [0.15, 0.2) is 11.5 Å². The van der Waals surface area contributed by atoms with Gasteiger partial charge in [0.05, 0.1) is 18.7 Å². The van der Waals surface area contributed by atoms with E-state index in [1.165, 1.54) is 13.2 Å². The van der Waals surface area contributed by atoms with Crippen molar-refractivity contribution in [3.8, 4) is 23.3 Å². The third-order valence-corrected chi connectivity index (χ3v) is 5.88. The maximum atomic E-state index is 12.6. The second-order valence-electron chi connectivity index (χ2n) is 6.80. The Morgan fingerprint density at radius 1 is 1.09 bits per heavy atom. The molecule has 0 bridgehead atoms. The predicted octanol–water partition coefficient (Wildman–Crippen LogP) is 6.20. The van der Waals surface area contributed by atoms with Crippen LogP contribution in [0.5, 0.6) is 17.2 Å². The highest BCUT2D eigenvalue weighted by Crippen LogP contribution is 2.38. The van der Waals surface area contributed by atoms with Crippen molar-refractivity contribution in [1.29, 1.82) is 5.26 Å². The molecule has 3 aromatic carbocycles. The number of methoxy groups -OCH3 is 2. The molecule has 3 aromatic rings. The number of nitrogens with zero attached hydrogens (tertiary/aromatic N) is 1. The van der Waals surface area contributed by atoms with Crippen LogP contribution in [0.4, 0.5) is 5.69 Å². The van der Waals surface area contributed by atoms with E-state index in [-0.39, 0.29) is 5.57 Å². The lowest BCUT2D eigenvalue weighted by atomic mass is 10.1. The zero-order valence-electron chi connectivity index (χ0n) is 17.9. The summed E-state index contributed by atoms with van der Waals surface area (Å²) in [6.07, 6.45) is 1.50. The minimum atomic E-state index is -0.517. The number of carbonyl (C=O) groups excluding carboxylic acids is 1. The van der Waals surface area contributed by atoms with E-state index in [9.17, 15) is 10.1 Å². The molecule has 1 N–H and O–H groups in total. The molecular weight excluding hydrogens is 599 g/mol. The smallest absolute Gasteiger partial charge is 0.266 e. The van der Waals surface area contributed by atoms with Gasteiger partial charge in [0.1, 0.15) is 24.0 Å². The van der Waals surface area contributed by atoms with Crippen LogP contribution in [-0.4, -0.2) is 20.1 Å². The van der Waals surface area contributed by atoms with E-state index in [0.29, 0.717) is 39.6 Å². The molecule has 0 aliphatic carbocycles. The SMILES string of the molecule is COc1ccc(NC(=O)/C(C#N)=C\c2cc(Br)c(OCc3ccc(I)cc3)c(OC)c2)cc1. The molecule has 0 aliphatic rings. The van der Waals surface area contributed by atoms with Crippen LogP contribution in [0.3, 0.4) is 0 Å². The van der Waals surface area contributed by atoms with Crippen LogP contribution >= 0.6 is 38.5 Å². The molecule has 0 aromatic heterocycles. The number of halogens is 2. The van der Waals surface area contributed by atoms with Crippen molar-refractivity contribution in [3.63, 3.8) is 0 Å². The zero-order chi connectivity index (χ0) is 23.8. The van der Waals surface area contributed by atoms with Crippen LogP contribution in [0.25, 0.3) is 6.08 Å². The van der Waals surface area contributed by atoms with E-state index in [1.807, 2.05) is 30.3 Å². The third kappa shape index (κ3) is 6.73. The zero-order valence-corrected chi connectivity index (χ0v) is 21.6. The van der Waals surface area contributed by atoms with Crippen LogP contribution in [0.1, 0.15) is 11.1 Å². The van der Waals surface area contributed by atoms with Crippen molar-refractivity contribution in [2.75, 3.05) is 19.5 Å². The molecule has 33 heavy (non-hydrogen) atoms. The highest BCUT2D eigenvalue weighted by atomic mass is 127. The number of hydrogen-bond acceptors (Lipinski definition) is 5. The molecule has 0 saturated heterocycles. The van der Waals surface area contributed by atoms with Gasteiger partial charge >= 0.3 is 0 Å². The highest BCUT2D eigenvalue weighted by molar-refractivity contribution is 14.1. The van der Waals surface area contributed by atoms with Crippen LogP contribution in [-0.2, 0) is 11.4 Å². The van der Waals surface area contributed by atoms with E-state index in [2.05, 4.69) is 43.8 Å². The van der Waals surface area contributed by atoms with Gasteiger partial charge in [-0.1, -0.05) is 12.1 Å². The van der Waals surface area contributed by atoms with Gasteiger partial charge < -0.3 is 19.5 Å². The Morgan fingerprint density at radius 3 is 2.39 bits per heavy atom. The number of amides is 1. The second-order valence-corrected chi connectivity index (χ2v) is 8.90. The van der Waals surface area contributed by atoms with Gasteiger partial charge in [0, 0.05) is 9.26 Å². The molecule has 0 spiro atoms. The molecule has 3 rings (SSSR count). The number of rotatable bonds is 8. The lowest BCUT2D eigenvalue weighted by Crippen LogP contribution is -2.13. The molecule has 0 heterocycles. The largest absolute Gasteiger partial charge is 0.497 e. The van der Waals surface area contributed by atoms with Crippen molar-refractivity contribution in [2.45, 2.75) is 6.61 Å². The number of nitriles is 1. The molecule has 8 heteroatoms. The first-order valence-electron chi connectivity index (χ1n) is 9.75. The Bertz CT molecular complexity index is 1200. The fraction of sp³-hybridized carbons (Fsp3) is 0.120. The molecule has 0 radical (unpaired) electrons. The third-order valence-electron chi connectivity index (χ3n) is 4.57. The van der Waals surface area contributed by atoms with Crippen molar-refractivity contribution in [3.05, 3.63) is 85.4 Å². The summed E-state index contributed by atoms with van der Waals surface area (Å²) in [5.41, 5.74) is 2.14. The minimum absolute atomic E-state index is 0.0488. The predicted molar refractivity (Wildman–Crippen MR) is 139 cm³/mol. The fourth-order valence-electron chi connectivity index (χ4n) is 2.89. The van der Waals surface area contributed by atoms with Gasteiger partial charge in [0.2, 0.25) is 0 Å². The Balaban J connectivity index is 1.79. The monoisotopic (exact) mass is 618 g/mol. The number of ether oxygens (including phenoxy) is 3. The van der Waals surface area contributed by atoms with Gasteiger partial charge in [-0.25, -0.2) is 0 Å². The average molecular weight is 619 g/mol. The van der Waals surface area contributed by atoms with Gasteiger partial charge in [-0.3, -0.25) is 4.79 Å². The van der Waals surface area contributed by atoms with Gasteiger partial charge in [-0.2, -0.15) is 5.26 Å². The maximum Gasteiger partial charge on any atom is 0.266 e. The number of benzene rings is 3. The standard InChI is InChI=1S/C25H20BrIN2O4/c1-31-21-9-7-20(8-10-21)29-25(30)18(14-28)11-17-12-22(26)24(23(13-17)32-2)33-15-16-3-5-19(27)6-4-16/h3-13H,15H2,1-2H3,(H,29,30)/b18-11-. The lowest BCUT2D eigenvalue weighted by Gasteiger charge is -2.14. The summed E-state index contributed by atoms with van der Waals surface area (Å²) in [6.45, 7) is 0.370. The highest BCUT2D eigenvalue weighted by Gasteiger charge is 2.14. The lowest BCUT2D eigenvalue weighted by molar-refractivity contribution is -0.112. The Morgan fingerprint density at radius 2 is 1.79 bits per heavy atom. The Hall–Kier alpha value is -3.03. The van der Waals surface area contributed by atoms with Crippen molar-refractivity contribution >= 4 is 56.2 Å². The molecule has 1 amide bonds. The summed E-state index contributed by atoms with van der Waals surface area (Å²) in [6, 6.07) is 20.3. The van der Waals surface area contributed by atoms with Gasteiger partial charge in [-0.15, -0.1) is 0 Å². The van der Waals surface area contributed by atoms with E-state index in [0.717, 1.165) is 9.13 Å². The Labute approximate surface area is 214 Å². The van der Waals surface area contributed by atoms with Gasteiger partial charge in [-0.05, 0) is 104 Å². The summed E-state index contributed by atoms with van der Waals surface area (Å²) >= 11 is 5.76. The maximum absolute atomic E-state index is 12.6. The van der Waals surface area contributed by atoms with Crippen molar-refractivity contribution in [2.24, 2.45) is 0 Å². The molecule has 0 unspecified atom stereocenters. The minimum Gasteiger partial charge on any atom is -0.497 e. The first-order valence-corrected chi connectivity index (χ1v) is 11.6.